The molecular weight excluding hydrogens is 212 g/mol. The van der Waals surface area contributed by atoms with Gasteiger partial charge in [-0.15, -0.1) is 0 Å². The van der Waals surface area contributed by atoms with Crippen LogP contribution < -0.4 is 10.2 Å². The molecule has 0 radical (unpaired) electrons. The highest BCUT2D eigenvalue weighted by Gasteiger charge is 2.33. The standard InChI is InChI=1S/C13H22N4/c1-5-11-15-12(14-3)7-13(16-11)17(4)8-10-6-9(10)2/h7,9-10H,5-6,8H2,1-4H3,(H,14,15,16). The Kier molecular flexibility index (Phi) is 3.50. The van der Waals surface area contributed by atoms with Crippen LogP contribution >= 0.6 is 0 Å². The van der Waals surface area contributed by atoms with Crippen LogP contribution in [0.3, 0.4) is 0 Å². The summed E-state index contributed by atoms with van der Waals surface area (Å²) >= 11 is 0. The zero-order chi connectivity index (χ0) is 12.4. The summed E-state index contributed by atoms with van der Waals surface area (Å²) in [5.41, 5.74) is 0. The lowest BCUT2D eigenvalue weighted by Crippen LogP contribution is -2.22. The van der Waals surface area contributed by atoms with E-state index in [1.54, 1.807) is 0 Å². The van der Waals surface area contributed by atoms with Crippen LogP contribution in [0.15, 0.2) is 6.07 Å². The topological polar surface area (TPSA) is 41.1 Å². The molecule has 0 aromatic carbocycles. The average Bonchev–Trinajstić information content (AvgIpc) is 3.04. The summed E-state index contributed by atoms with van der Waals surface area (Å²) in [4.78, 5) is 11.2. The molecule has 1 saturated carbocycles. The Morgan fingerprint density at radius 3 is 2.71 bits per heavy atom. The van der Waals surface area contributed by atoms with Crippen molar-refractivity contribution in [1.82, 2.24) is 9.97 Å². The summed E-state index contributed by atoms with van der Waals surface area (Å²) in [6.07, 6.45) is 2.23. The van der Waals surface area contributed by atoms with E-state index in [-0.39, 0.29) is 0 Å². The minimum absolute atomic E-state index is 0.845. The molecule has 4 heteroatoms. The van der Waals surface area contributed by atoms with Crippen LogP contribution in [-0.2, 0) is 6.42 Å². The van der Waals surface area contributed by atoms with E-state index in [2.05, 4.69) is 41.1 Å². The number of aromatic nitrogens is 2. The van der Waals surface area contributed by atoms with Crippen LogP contribution in [0.5, 0.6) is 0 Å². The highest BCUT2D eigenvalue weighted by atomic mass is 15.2. The van der Waals surface area contributed by atoms with E-state index in [4.69, 9.17) is 0 Å². The first-order valence-electron chi connectivity index (χ1n) is 6.40. The van der Waals surface area contributed by atoms with Crippen molar-refractivity contribution in [3.8, 4) is 0 Å². The first kappa shape index (κ1) is 12.1. The summed E-state index contributed by atoms with van der Waals surface area (Å²) in [5.74, 6) is 4.57. The van der Waals surface area contributed by atoms with Crippen LogP contribution in [0.2, 0.25) is 0 Å². The maximum Gasteiger partial charge on any atom is 0.134 e. The lowest BCUT2D eigenvalue weighted by atomic mass is 10.3. The van der Waals surface area contributed by atoms with Gasteiger partial charge in [-0.1, -0.05) is 13.8 Å². The third-order valence-corrected chi connectivity index (χ3v) is 3.51. The van der Waals surface area contributed by atoms with Gasteiger partial charge in [-0.05, 0) is 18.3 Å². The van der Waals surface area contributed by atoms with Crippen molar-refractivity contribution in [2.75, 3.05) is 30.9 Å². The second-order valence-electron chi connectivity index (χ2n) is 4.98. The van der Waals surface area contributed by atoms with Crippen LogP contribution in [0.1, 0.15) is 26.1 Å². The predicted molar refractivity (Wildman–Crippen MR) is 71.5 cm³/mol. The molecule has 1 aromatic rings. The minimum Gasteiger partial charge on any atom is -0.373 e. The van der Waals surface area contributed by atoms with Crippen LogP contribution in [0.4, 0.5) is 11.6 Å². The van der Waals surface area contributed by atoms with E-state index < -0.39 is 0 Å². The molecule has 0 amide bonds. The van der Waals surface area contributed by atoms with Crippen LogP contribution in [-0.4, -0.2) is 30.6 Å². The van der Waals surface area contributed by atoms with Gasteiger partial charge in [0.1, 0.15) is 17.5 Å². The highest BCUT2D eigenvalue weighted by Crippen LogP contribution is 2.38. The molecule has 1 N–H and O–H groups in total. The fraction of sp³-hybridized carbons (Fsp3) is 0.692. The van der Waals surface area contributed by atoms with E-state index in [0.717, 1.165) is 42.3 Å². The Balaban J connectivity index is 2.12. The maximum atomic E-state index is 4.58. The van der Waals surface area contributed by atoms with Gasteiger partial charge in [-0.25, -0.2) is 9.97 Å². The minimum atomic E-state index is 0.845. The fourth-order valence-electron chi connectivity index (χ4n) is 2.06. The molecule has 0 aliphatic heterocycles. The molecule has 2 atom stereocenters. The first-order chi connectivity index (χ1) is 8.13. The maximum absolute atomic E-state index is 4.58. The SMILES string of the molecule is CCc1nc(NC)cc(N(C)CC2CC2C)n1. The lowest BCUT2D eigenvalue weighted by molar-refractivity contribution is 0.716. The Bertz CT molecular complexity index is 369. The Hall–Kier alpha value is -1.32. The number of rotatable bonds is 5. The summed E-state index contributed by atoms with van der Waals surface area (Å²) in [6, 6.07) is 2.02. The van der Waals surface area contributed by atoms with Gasteiger partial charge in [0.15, 0.2) is 0 Å². The second-order valence-corrected chi connectivity index (χ2v) is 4.98. The Labute approximate surface area is 103 Å². The second kappa shape index (κ2) is 4.90. The predicted octanol–water partition coefficient (Wildman–Crippen LogP) is 2.17. The van der Waals surface area contributed by atoms with Gasteiger partial charge in [-0.2, -0.15) is 0 Å². The van der Waals surface area contributed by atoms with Crippen molar-refractivity contribution < 1.29 is 0 Å². The van der Waals surface area contributed by atoms with Gasteiger partial charge >= 0.3 is 0 Å². The van der Waals surface area contributed by atoms with Crippen molar-refractivity contribution in [3.63, 3.8) is 0 Å². The summed E-state index contributed by atoms with van der Waals surface area (Å²) in [7, 11) is 4.01. The van der Waals surface area contributed by atoms with Crippen molar-refractivity contribution in [3.05, 3.63) is 11.9 Å². The van der Waals surface area contributed by atoms with Gasteiger partial charge in [0.25, 0.3) is 0 Å². The van der Waals surface area contributed by atoms with Crippen molar-refractivity contribution in [2.24, 2.45) is 11.8 Å². The monoisotopic (exact) mass is 234 g/mol. The van der Waals surface area contributed by atoms with Gasteiger partial charge in [-0.3, -0.25) is 0 Å². The first-order valence-corrected chi connectivity index (χ1v) is 6.40. The highest BCUT2D eigenvalue weighted by molar-refractivity contribution is 5.48. The fourth-order valence-corrected chi connectivity index (χ4v) is 2.06. The molecule has 0 spiro atoms. The third-order valence-electron chi connectivity index (χ3n) is 3.51. The smallest absolute Gasteiger partial charge is 0.134 e. The molecule has 2 unspecified atom stereocenters. The molecule has 0 saturated heterocycles. The molecule has 1 aliphatic rings. The van der Waals surface area contributed by atoms with Crippen molar-refractivity contribution in [2.45, 2.75) is 26.7 Å². The van der Waals surface area contributed by atoms with Crippen LogP contribution in [0, 0.1) is 11.8 Å². The van der Waals surface area contributed by atoms with E-state index in [1.807, 2.05) is 13.1 Å². The summed E-state index contributed by atoms with van der Waals surface area (Å²) in [6.45, 7) is 5.50. The van der Waals surface area contributed by atoms with Crippen molar-refractivity contribution >= 4 is 11.6 Å². The average molecular weight is 234 g/mol. The number of anilines is 2. The van der Waals surface area contributed by atoms with E-state index in [0.29, 0.717) is 0 Å². The quantitative estimate of drug-likeness (QED) is 0.847. The molecule has 1 aromatic heterocycles. The van der Waals surface area contributed by atoms with Gasteiger partial charge < -0.3 is 10.2 Å². The van der Waals surface area contributed by atoms with E-state index in [1.165, 1.54) is 6.42 Å². The molecule has 94 valence electrons. The molecule has 1 heterocycles. The molecular formula is C13H22N4. The van der Waals surface area contributed by atoms with E-state index in [9.17, 15) is 0 Å². The molecule has 2 rings (SSSR count). The largest absolute Gasteiger partial charge is 0.373 e. The lowest BCUT2D eigenvalue weighted by Gasteiger charge is -2.19. The zero-order valence-corrected chi connectivity index (χ0v) is 11.2. The molecule has 0 bridgehead atoms. The number of nitrogens with zero attached hydrogens (tertiary/aromatic N) is 3. The Morgan fingerprint density at radius 1 is 1.47 bits per heavy atom. The van der Waals surface area contributed by atoms with Gasteiger partial charge in [0.05, 0.1) is 0 Å². The molecule has 1 fully saturated rings. The molecule has 1 aliphatic carbocycles. The van der Waals surface area contributed by atoms with Crippen LogP contribution in [0.25, 0.3) is 0 Å². The number of aryl methyl sites for hydroxylation is 1. The molecule has 17 heavy (non-hydrogen) atoms. The molecule has 4 nitrogen and oxygen atoms in total. The number of nitrogens with one attached hydrogen (secondary N) is 1. The third kappa shape index (κ3) is 2.87. The zero-order valence-electron chi connectivity index (χ0n) is 11.2. The van der Waals surface area contributed by atoms with E-state index >= 15 is 0 Å². The number of hydrogen-bond acceptors (Lipinski definition) is 4. The van der Waals surface area contributed by atoms with Crippen molar-refractivity contribution in [1.29, 1.82) is 0 Å². The van der Waals surface area contributed by atoms with Gasteiger partial charge in [0, 0.05) is 33.1 Å². The van der Waals surface area contributed by atoms with Gasteiger partial charge in [0.2, 0.25) is 0 Å². The summed E-state index contributed by atoms with van der Waals surface area (Å²) in [5, 5.41) is 3.10. The Morgan fingerprint density at radius 2 is 2.18 bits per heavy atom. The normalized spacial score (nSPS) is 22.4. The summed E-state index contributed by atoms with van der Waals surface area (Å²) < 4.78 is 0. The number of hydrogen-bond donors (Lipinski definition) is 1.